The first kappa shape index (κ1) is 14.8. The molecule has 5 rings (SSSR count). The number of nitrogens with zero attached hydrogens (tertiary/aromatic N) is 1. The van der Waals surface area contributed by atoms with Gasteiger partial charge in [-0.2, -0.15) is 0 Å². The average Bonchev–Trinajstić information content (AvgIpc) is 3.26. The number of para-hydroxylation sites is 1. The Kier molecular flexibility index (Phi) is 3.42. The first-order chi connectivity index (χ1) is 12.3. The fourth-order valence-corrected chi connectivity index (χ4v) is 4.20. The van der Waals surface area contributed by atoms with Gasteiger partial charge in [-0.3, -0.25) is 0 Å². The molecule has 1 fully saturated rings. The van der Waals surface area contributed by atoms with Gasteiger partial charge in [0.2, 0.25) is 0 Å². The van der Waals surface area contributed by atoms with Gasteiger partial charge < -0.3 is 14.9 Å². The van der Waals surface area contributed by atoms with Crippen molar-refractivity contribution in [2.24, 2.45) is 0 Å². The summed E-state index contributed by atoms with van der Waals surface area (Å²) in [4.78, 5) is 9.47. The summed E-state index contributed by atoms with van der Waals surface area (Å²) in [6, 6.07) is 17.5. The first-order valence-corrected chi connectivity index (χ1v) is 9.15. The van der Waals surface area contributed by atoms with Gasteiger partial charge in [-0.15, -0.1) is 0 Å². The van der Waals surface area contributed by atoms with Gasteiger partial charge >= 0.3 is 0 Å². The maximum absolute atomic E-state index is 3.56. The van der Waals surface area contributed by atoms with E-state index in [4.69, 9.17) is 0 Å². The van der Waals surface area contributed by atoms with E-state index in [1.54, 1.807) is 0 Å². The highest BCUT2D eigenvalue weighted by molar-refractivity contribution is 5.91. The molecule has 1 aliphatic heterocycles. The van der Waals surface area contributed by atoms with Crippen LogP contribution in [0.3, 0.4) is 0 Å². The second kappa shape index (κ2) is 5.78. The standard InChI is InChI=1S/C22H23N3/c1-25-10-8-15(9-11-25)19-14-23-21-7-6-17(12-18(19)21)22-13-16-4-2-3-5-20(16)24-22/h2-7,12-15,23-24H,8-11H2,1H3. The highest BCUT2D eigenvalue weighted by Gasteiger charge is 2.21. The number of likely N-dealkylation sites (tertiary alicyclic amines) is 1. The Labute approximate surface area is 147 Å². The minimum absolute atomic E-state index is 0.669. The molecule has 0 atom stereocenters. The Balaban J connectivity index is 1.57. The Bertz CT molecular complexity index is 999. The lowest BCUT2D eigenvalue weighted by Gasteiger charge is -2.28. The van der Waals surface area contributed by atoms with Crippen molar-refractivity contribution in [3.05, 3.63) is 60.3 Å². The molecule has 3 heterocycles. The Morgan fingerprint density at radius 2 is 1.80 bits per heavy atom. The molecular weight excluding hydrogens is 306 g/mol. The molecule has 0 saturated carbocycles. The van der Waals surface area contributed by atoms with E-state index in [0.717, 1.165) is 0 Å². The SMILES string of the molecule is CN1CCC(c2c[nH]c3ccc(-c4cc5ccccc5[nH]4)cc23)CC1. The van der Waals surface area contributed by atoms with Crippen LogP contribution in [0, 0.1) is 0 Å². The molecule has 0 spiro atoms. The van der Waals surface area contributed by atoms with Crippen molar-refractivity contribution in [1.82, 2.24) is 14.9 Å². The van der Waals surface area contributed by atoms with Crippen LogP contribution < -0.4 is 0 Å². The van der Waals surface area contributed by atoms with Crippen molar-refractivity contribution in [3.8, 4) is 11.3 Å². The number of fused-ring (bicyclic) bond motifs is 2. The molecule has 3 heteroatoms. The maximum atomic E-state index is 3.56. The van der Waals surface area contributed by atoms with Crippen LogP contribution in [-0.2, 0) is 0 Å². The normalized spacial score (nSPS) is 16.8. The fourth-order valence-electron chi connectivity index (χ4n) is 4.20. The van der Waals surface area contributed by atoms with E-state index in [-0.39, 0.29) is 0 Å². The highest BCUT2D eigenvalue weighted by Crippen LogP contribution is 2.35. The van der Waals surface area contributed by atoms with Gasteiger partial charge in [0.05, 0.1) is 0 Å². The minimum Gasteiger partial charge on any atom is -0.361 e. The van der Waals surface area contributed by atoms with Crippen molar-refractivity contribution < 1.29 is 0 Å². The zero-order valence-corrected chi connectivity index (χ0v) is 14.5. The quantitative estimate of drug-likeness (QED) is 0.525. The molecule has 0 radical (unpaired) electrons. The summed E-state index contributed by atoms with van der Waals surface area (Å²) in [6.45, 7) is 2.39. The molecule has 1 aliphatic rings. The van der Waals surface area contributed by atoms with E-state index in [0.29, 0.717) is 5.92 Å². The van der Waals surface area contributed by atoms with Gasteiger partial charge in [-0.1, -0.05) is 24.3 Å². The molecule has 0 amide bonds. The van der Waals surface area contributed by atoms with E-state index < -0.39 is 0 Å². The molecule has 0 unspecified atom stereocenters. The van der Waals surface area contributed by atoms with Crippen molar-refractivity contribution in [2.45, 2.75) is 18.8 Å². The molecule has 1 saturated heterocycles. The van der Waals surface area contributed by atoms with Crippen molar-refractivity contribution in [1.29, 1.82) is 0 Å². The van der Waals surface area contributed by atoms with Gasteiger partial charge in [0, 0.05) is 33.7 Å². The second-order valence-corrected chi connectivity index (χ2v) is 7.35. The lowest BCUT2D eigenvalue weighted by Crippen LogP contribution is -2.29. The summed E-state index contributed by atoms with van der Waals surface area (Å²) in [5, 5.41) is 2.65. The number of H-pyrrole nitrogens is 2. The first-order valence-electron chi connectivity index (χ1n) is 9.15. The van der Waals surface area contributed by atoms with E-state index in [9.17, 15) is 0 Å². The number of hydrogen-bond acceptors (Lipinski definition) is 1. The molecule has 25 heavy (non-hydrogen) atoms. The number of rotatable bonds is 2. The number of aromatic nitrogens is 2. The molecule has 0 bridgehead atoms. The predicted octanol–water partition coefficient (Wildman–Crippen LogP) is 5.13. The van der Waals surface area contributed by atoms with Gasteiger partial charge in [0.25, 0.3) is 0 Å². The highest BCUT2D eigenvalue weighted by atomic mass is 15.1. The molecule has 4 aromatic rings. The number of aromatic amines is 2. The third-order valence-corrected chi connectivity index (χ3v) is 5.71. The third kappa shape index (κ3) is 2.56. The van der Waals surface area contributed by atoms with Crippen LogP contribution in [0.1, 0.15) is 24.3 Å². The zero-order chi connectivity index (χ0) is 16.8. The molecule has 2 N–H and O–H groups in total. The van der Waals surface area contributed by atoms with Gasteiger partial charge in [0.15, 0.2) is 0 Å². The largest absolute Gasteiger partial charge is 0.361 e. The molecule has 2 aromatic carbocycles. The van der Waals surface area contributed by atoms with Gasteiger partial charge in [-0.05, 0) is 74.3 Å². The van der Waals surface area contributed by atoms with Crippen LogP contribution in [-0.4, -0.2) is 35.0 Å². The van der Waals surface area contributed by atoms with Crippen LogP contribution >= 0.6 is 0 Å². The molecule has 2 aromatic heterocycles. The van der Waals surface area contributed by atoms with Crippen LogP contribution in [0.2, 0.25) is 0 Å². The summed E-state index contributed by atoms with van der Waals surface area (Å²) in [5.74, 6) is 0.669. The van der Waals surface area contributed by atoms with E-state index >= 15 is 0 Å². The number of hydrogen-bond donors (Lipinski definition) is 2. The third-order valence-electron chi connectivity index (χ3n) is 5.71. The average molecular weight is 329 g/mol. The molecule has 0 aliphatic carbocycles. The summed E-state index contributed by atoms with van der Waals surface area (Å²) in [6.07, 6.45) is 4.73. The van der Waals surface area contributed by atoms with Crippen molar-refractivity contribution >= 4 is 21.8 Å². The van der Waals surface area contributed by atoms with Crippen LogP contribution in [0.25, 0.3) is 33.1 Å². The fraction of sp³-hybridized carbons (Fsp3) is 0.273. The molecular formula is C22H23N3. The van der Waals surface area contributed by atoms with E-state index in [2.05, 4.69) is 76.6 Å². The monoisotopic (exact) mass is 329 g/mol. The lowest BCUT2D eigenvalue weighted by molar-refractivity contribution is 0.256. The molecule has 126 valence electrons. The predicted molar refractivity (Wildman–Crippen MR) is 105 cm³/mol. The smallest absolute Gasteiger partial charge is 0.0465 e. The summed E-state index contributed by atoms with van der Waals surface area (Å²) >= 11 is 0. The van der Waals surface area contributed by atoms with Crippen LogP contribution in [0.4, 0.5) is 0 Å². The zero-order valence-electron chi connectivity index (χ0n) is 14.5. The van der Waals surface area contributed by atoms with Crippen molar-refractivity contribution in [3.63, 3.8) is 0 Å². The topological polar surface area (TPSA) is 34.8 Å². The van der Waals surface area contributed by atoms with Crippen LogP contribution in [0.15, 0.2) is 54.7 Å². The van der Waals surface area contributed by atoms with Gasteiger partial charge in [0.1, 0.15) is 0 Å². The summed E-state index contributed by atoms with van der Waals surface area (Å²) in [7, 11) is 2.22. The Hall–Kier alpha value is -2.52. The minimum atomic E-state index is 0.669. The van der Waals surface area contributed by atoms with E-state index in [1.807, 2.05) is 0 Å². The Morgan fingerprint density at radius 3 is 2.64 bits per heavy atom. The summed E-state index contributed by atoms with van der Waals surface area (Å²) in [5.41, 5.74) is 6.38. The van der Waals surface area contributed by atoms with Gasteiger partial charge in [-0.25, -0.2) is 0 Å². The number of benzene rings is 2. The lowest BCUT2D eigenvalue weighted by atomic mass is 9.89. The molecule has 3 nitrogen and oxygen atoms in total. The number of nitrogens with one attached hydrogen (secondary N) is 2. The second-order valence-electron chi connectivity index (χ2n) is 7.35. The maximum Gasteiger partial charge on any atom is 0.0465 e. The van der Waals surface area contributed by atoms with Crippen molar-refractivity contribution in [2.75, 3.05) is 20.1 Å². The Morgan fingerprint density at radius 1 is 0.960 bits per heavy atom. The van der Waals surface area contributed by atoms with Crippen LogP contribution in [0.5, 0.6) is 0 Å². The number of piperidine rings is 1. The van der Waals surface area contributed by atoms with E-state index in [1.165, 1.54) is 64.6 Å². The summed E-state index contributed by atoms with van der Waals surface area (Å²) < 4.78 is 0.